The summed E-state index contributed by atoms with van der Waals surface area (Å²) in [5, 5.41) is 21.0. The topological polar surface area (TPSA) is 83.1 Å². The molecule has 2 aromatic heterocycles. The molecule has 1 unspecified atom stereocenters. The SMILES string of the molecule is COCCC(C)(O)CNc1cc(-c2n[nH]c3c2CCC(C)(C)C3)cc(F)n1. The summed E-state index contributed by atoms with van der Waals surface area (Å²) < 4.78 is 19.1. The second-order valence-corrected chi connectivity index (χ2v) is 8.53. The molecule has 2 heterocycles. The average molecular weight is 376 g/mol. The van der Waals surface area contributed by atoms with Gasteiger partial charge in [-0.3, -0.25) is 5.10 Å². The van der Waals surface area contributed by atoms with Gasteiger partial charge in [-0.05, 0) is 37.7 Å². The summed E-state index contributed by atoms with van der Waals surface area (Å²) in [5.41, 5.74) is 3.06. The Hall–Kier alpha value is -1.99. The number of pyridine rings is 1. The monoisotopic (exact) mass is 376 g/mol. The molecule has 3 N–H and O–H groups in total. The van der Waals surface area contributed by atoms with E-state index in [4.69, 9.17) is 4.74 Å². The molecule has 0 amide bonds. The third kappa shape index (κ3) is 4.84. The van der Waals surface area contributed by atoms with Crippen LogP contribution in [-0.2, 0) is 17.6 Å². The number of nitrogens with one attached hydrogen (secondary N) is 2. The van der Waals surface area contributed by atoms with Crippen LogP contribution in [0.3, 0.4) is 0 Å². The van der Waals surface area contributed by atoms with Gasteiger partial charge in [0.1, 0.15) is 5.82 Å². The molecule has 1 atom stereocenters. The van der Waals surface area contributed by atoms with Gasteiger partial charge in [-0.1, -0.05) is 13.8 Å². The fourth-order valence-corrected chi connectivity index (χ4v) is 3.50. The molecule has 0 saturated heterocycles. The van der Waals surface area contributed by atoms with Gasteiger partial charge in [0.15, 0.2) is 0 Å². The first-order chi connectivity index (χ1) is 12.7. The van der Waals surface area contributed by atoms with Crippen LogP contribution in [-0.4, -0.2) is 46.2 Å². The Morgan fingerprint density at radius 1 is 1.41 bits per heavy atom. The molecule has 0 radical (unpaired) electrons. The fourth-order valence-electron chi connectivity index (χ4n) is 3.50. The van der Waals surface area contributed by atoms with Gasteiger partial charge in [-0.15, -0.1) is 0 Å². The number of halogens is 1. The predicted octanol–water partition coefficient (Wildman–Crippen LogP) is 3.33. The van der Waals surface area contributed by atoms with Gasteiger partial charge in [0.2, 0.25) is 5.95 Å². The number of anilines is 1. The summed E-state index contributed by atoms with van der Waals surface area (Å²) in [4.78, 5) is 3.90. The van der Waals surface area contributed by atoms with E-state index in [2.05, 4.69) is 34.3 Å². The number of H-pyrrole nitrogens is 1. The molecule has 27 heavy (non-hydrogen) atoms. The maximum atomic E-state index is 14.1. The molecule has 148 valence electrons. The number of nitrogens with zero attached hydrogens (tertiary/aromatic N) is 2. The van der Waals surface area contributed by atoms with Crippen molar-refractivity contribution in [3.8, 4) is 11.3 Å². The molecule has 0 fully saturated rings. The Balaban J connectivity index is 1.80. The Morgan fingerprint density at radius 3 is 2.93 bits per heavy atom. The summed E-state index contributed by atoms with van der Waals surface area (Å²) in [6.07, 6.45) is 3.41. The standard InChI is InChI=1S/C20H29FN4O2/c1-19(2)6-5-14-15(11-19)24-25-18(14)13-9-16(21)23-17(10-13)22-12-20(3,26)7-8-27-4/h9-10,26H,5-8,11-12H2,1-4H3,(H,22,23)(H,24,25). The second-order valence-electron chi connectivity index (χ2n) is 8.53. The fraction of sp³-hybridized carbons (Fsp3) is 0.600. The summed E-state index contributed by atoms with van der Waals surface area (Å²) in [7, 11) is 1.59. The highest BCUT2D eigenvalue weighted by atomic mass is 19.1. The molecule has 0 aliphatic heterocycles. The first kappa shape index (κ1) is 19.8. The number of hydrogen-bond donors (Lipinski definition) is 3. The minimum Gasteiger partial charge on any atom is -0.388 e. The Morgan fingerprint density at radius 2 is 2.19 bits per heavy atom. The van der Waals surface area contributed by atoms with Crippen molar-refractivity contribution in [1.29, 1.82) is 0 Å². The van der Waals surface area contributed by atoms with E-state index in [0.717, 1.165) is 36.2 Å². The number of aromatic amines is 1. The normalized spacial score (nSPS) is 18.0. The molecule has 1 aliphatic carbocycles. The largest absolute Gasteiger partial charge is 0.388 e. The Kier molecular flexibility index (Phi) is 5.53. The molecular weight excluding hydrogens is 347 g/mol. The van der Waals surface area contributed by atoms with E-state index in [1.165, 1.54) is 6.07 Å². The maximum absolute atomic E-state index is 14.1. The number of fused-ring (bicyclic) bond motifs is 1. The zero-order valence-electron chi connectivity index (χ0n) is 16.5. The van der Waals surface area contributed by atoms with Crippen molar-refractivity contribution < 1.29 is 14.2 Å². The average Bonchev–Trinajstić information content (AvgIpc) is 2.99. The van der Waals surface area contributed by atoms with E-state index in [9.17, 15) is 9.50 Å². The molecule has 0 saturated carbocycles. The number of aliphatic hydroxyl groups is 1. The lowest BCUT2D eigenvalue weighted by molar-refractivity contribution is 0.0357. The summed E-state index contributed by atoms with van der Waals surface area (Å²) in [5.74, 6) is -0.185. The molecule has 2 aromatic rings. The van der Waals surface area contributed by atoms with Crippen molar-refractivity contribution in [3.05, 3.63) is 29.3 Å². The molecule has 0 spiro atoms. The van der Waals surface area contributed by atoms with Gasteiger partial charge in [-0.25, -0.2) is 4.98 Å². The molecule has 1 aliphatic rings. The summed E-state index contributed by atoms with van der Waals surface area (Å²) in [6.45, 7) is 6.91. The summed E-state index contributed by atoms with van der Waals surface area (Å²) >= 11 is 0. The Labute approximate surface area is 159 Å². The van der Waals surface area contributed by atoms with Crippen molar-refractivity contribution in [2.24, 2.45) is 5.41 Å². The van der Waals surface area contributed by atoms with Gasteiger partial charge in [0, 0.05) is 49.6 Å². The third-order valence-electron chi connectivity index (χ3n) is 5.22. The number of aromatic nitrogens is 3. The minimum absolute atomic E-state index is 0.249. The summed E-state index contributed by atoms with van der Waals surface area (Å²) in [6, 6.07) is 3.19. The maximum Gasteiger partial charge on any atom is 0.215 e. The minimum atomic E-state index is -0.971. The van der Waals surface area contributed by atoms with Crippen LogP contribution in [0.15, 0.2) is 12.1 Å². The first-order valence-electron chi connectivity index (χ1n) is 9.38. The molecule has 0 aromatic carbocycles. The van der Waals surface area contributed by atoms with Crippen LogP contribution in [0, 0.1) is 11.4 Å². The highest BCUT2D eigenvalue weighted by Gasteiger charge is 2.29. The molecular formula is C20H29FN4O2. The zero-order valence-corrected chi connectivity index (χ0v) is 16.5. The third-order valence-corrected chi connectivity index (χ3v) is 5.22. The highest BCUT2D eigenvalue weighted by molar-refractivity contribution is 5.67. The molecule has 3 rings (SSSR count). The van der Waals surface area contributed by atoms with Crippen LogP contribution in [0.1, 0.15) is 44.9 Å². The number of ether oxygens (including phenoxy) is 1. The van der Waals surface area contributed by atoms with Crippen LogP contribution in [0.25, 0.3) is 11.3 Å². The van der Waals surface area contributed by atoms with Gasteiger partial charge >= 0.3 is 0 Å². The van der Waals surface area contributed by atoms with Crippen LogP contribution >= 0.6 is 0 Å². The van der Waals surface area contributed by atoms with E-state index in [0.29, 0.717) is 24.4 Å². The number of rotatable bonds is 7. The van der Waals surface area contributed by atoms with Crippen molar-refractivity contribution in [1.82, 2.24) is 15.2 Å². The lowest BCUT2D eigenvalue weighted by Crippen LogP contribution is -2.34. The van der Waals surface area contributed by atoms with E-state index in [1.54, 1.807) is 20.1 Å². The predicted molar refractivity (Wildman–Crippen MR) is 103 cm³/mol. The molecule has 0 bridgehead atoms. The van der Waals surface area contributed by atoms with Crippen LogP contribution in [0.2, 0.25) is 0 Å². The van der Waals surface area contributed by atoms with Crippen LogP contribution in [0.4, 0.5) is 10.2 Å². The van der Waals surface area contributed by atoms with Crippen molar-refractivity contribution in [2.75, 3.05) is 25.6 Å². The van der Waals surface area contributed by atoms with E-state index < -0.39 is 11.5 Å². The van der Waals surface area contributed by atoms with Gasteiger partial charge in [0.25, 0.3) is 0 Å². The second kappa shape index (κ2) is 7.56. The van der Waals surface area contributed by atoms with Gasteiger partial charge in [0.05, 0.1) is 11.3 Å². The highest BCUT2D eigenvalue weighted by Crippen LogP contribution is 2.38. The van der Waals surface area contributed by atoms with Crippen molar-refractivity contribution in [2.45, 2.75) is 52.1 Å². The smallest absolute Gasteiger partial charge is 0.215 e. The van der Waals surface area contributed by atoms with Gasteiger partial charge < -0.3 is 15.2 Å². The van der Waals surface area contributed by atoms with Crippen LogP contribution < -0.4 is 5.32 Å². The van der Waals surface area contributed by atoms with Crippen molar-refractivity contribution in [3.63, 3.8) is 0 Å². The van der Waals surface area contributed by atoms with E-state index in [1.807, 2.05) is 0 Å². The Bertz CT molecular complexity index is 801. The van der Waals surface area contributed by atoms with Crippen molar-refractivity contribution >= 4 is 5.82 Å². The van der Waals surface area contributed by atoms with E-state index >= 15 is 0 Å². The van der Waals surface area contributed by atoms with Crippen LogP contribution in [0.5, 0.6) is 0 Å². The van der Waals surface area contributed by atoms with Gasteiger partial charge in [-0.2, -0.15) is 9.49 Å². The molecule has 6 nitrogen and oxygen atoms in total. The lowest BCUT2D eigenvalue weighted by Gasteiger charge is -2.29. The zero-order chi connectivity index (χ0) is 19.7. The number of methoxy groups -OCH3 is 1. The van der Waals surface area contributed by atoms with E-state index in [-0.39, 0.29) is 12.0 Å². The molecule has 7 heteroatoms. The lowest BCUT2D eigenvalue weighted by atomic mass is 9.76. The number of hydrogen-bond acceptors (Lipinski definition) is 5. The first-order valence-corrected chi connectivity index (χ1v) is 9.38. The quantitative estimate of drug-likeness (QED) is 0.646.